The van der Waals surface area contributed by atoms with Crippen LogP contribution in [0.5, 0.6) is 0 Å². The molecule has 8 heteroatoms. The van der Waals surface area contributed by atoms with Gasteiger partial charge in [0.2, 0.25) is 0 Å². The minimum Gasteiger partial charge on any atom is -0.462 e. The van der Waals surface area contributed by atoms with Gasteiger partial charge in [0.15, 0.2) is 0 Å². The van der Waals surface area contributed by atoms with Crippen LogP contribution in [-0.2, 0) is 23.1 Å². The topological polar surface area (TPSA) is 67.2 Å². The molecule has 0 spiro atoms. The number of rotatable bonds is 7. The fourth-order valence-corrected chi connectivity index (χ4v) is 4.03. The van der Waals surface area contributed by atoms with Crippen molar-refractivity contribution in [2.75, 3.05) is 56.2 Å². The van der Waals surface area contributed by atoms with Crippen molar-refractivity contribution in [2.24, 2.45) is 7.05 Å². The first-order valence-electron chi connectivity index (χ1n) is 11.2. The van der Waals surface area contributed by atoms with E-state index in [1.807, 2.05) is 55.8 Å². The highest BCUT2D eigenvalue weighted by molar-refractivity contribution is 6.06. The van der Waals surface area contributed by atoms with Gasteiger partial charge in [-0.2, -0.15) is 0 Å². The summed E-state index contributed by atoms with van der Waals surface area (Å²) in [4.78, 5) is 32.2. The number of ether oxygens (including phenoxy) is 2. The average molecular weight is 443 g/mol. The van der Waals surface area contributed by atoms with Crippen molar-refractivity contribution >= 4 is 23.6 Å². The summed E-state index contributed by atoms with van der Waals surface area (Å²) in [5.74, 6) is 0.419. The van der Waals surface area contributed by atoms with Gasteiger partial charge in [0.1, 0.15) is 23.7 Å². The van der Waals surface area contributed by atoms with Gasteiger partial charge in [0.05, 0.1) is 6.61 Å². The zero-order valence-electron chi connectivity index (χ0n) is 19.8. The van der Waals surface area contributed by atoms with E-state index >= 15 is 0 Å². The molecular weight excluding hydrogens is 408 g/mol. The molecule has 1 aliphatic heterocycles. The molecule has 0 saturated carbocycles. The Morgan fingerprint density at radius 3 is 2.25 bits per heavy atom. The Morgan fingerprint density at radius 1 is 1.00 bits per heavy atom. The molecule has 1 aliphatic rings. The maximum Gasteiger partial charge on any atom is 0.414 e. The molecule has 32 heavy (non-hydrogen) atoms. The molecule has 3 rings (SSSR count). The molecule has 2 heterocycles. The fraction of sp³-hybridized carbons (Fsp3) is 0.500. The molecule has 1 saturated heterocycles. The lowest BCUT2D eigenvalue weighted by Crippen LogP contribution is -2.46. The third-order valence-corrected chi connectivity index (χ3v) is 5.93. The smallest absolute Gasteiger partial charge is 0.414 e. The van der Waals surface area contributed by atoms with Crippen molar-refractivity contribution < 1.29 is 19.1 Å². The van der Waals surface area contributed by atoms with E-state index < -0.39 is 12.1 Å². The summed E-state index contributed by atoms with van der Waals surface area (Å²) in [7, 11) is 4.02. The van der Waals surface area contributed by atoms with Crippen LogP contribution < -0.4 is 9.80 Å². The number of amides is 1. The van der Waals surface area contributed by atoms with Gasteiger partial charge >= 0.3 is 12.1 Å². The van der Waals surface area contributed by atoms with Crippen LogP contribution in [0.2, 0.25) is 0 Å². The number of esters is 1. The summed E-state index contributed by atoms with van der Waals surface area (Å²) in [6.07, 6.45) is -0.483. The average Bonchev–Trinajstić information content (AvgIpc) is 3.05. The first-order chi connectivity index (χ1) is 15.4. The van der Waals surface area contributed by atoms with Crippen molar-refractivity contribution in [2.45, 2.75) is 27.4 Å². The summed E-state index contributed by atoms with van der Waals surface area (Å²) < 4.78 is 13.0. The van der Waals surface area contributed by atoms with Crippen LogP contribution in [0.3, 0.4) is 0 Å². The number of carbonyl (C=O) groups is 2. The normalized spacial score (nSPS) is 14.3. The number of hydrogen-bond acceptors (Lipinski definition) is 6. The fourth-order valence-electron chi connectivity index (χ4n) is 4.03. The minimum atomic E-state index is -0.483. The largest absolute Gasteiger partial charge is 0.462 e. The molecule has 1 amide bonds. The monoisotopic (exact) mass is 442 g/mol. The van der Waals surface area contributed by atoms with E-state index in [1.165, 1.54) is 0 Å². The molecule has 0 unspecified atom stereocenters. The molecule has 0 atom stereocenters. The van der Waals surface area contributed by atoms with E-state index in [0.29, 0.717) is 17.8 Å². The van der Waals surface area contributed by atoms with Crippen LogP contribution in [-0.4, -0.2) is 67.9 Å². The highest BCUT2D eigenvalue weighted by Gasteiger charge is 2.34. The Balaban J connectivity index is 2.00. The van der Waals surface area contributed by atoms with Gasteiger partial charge in [0, 0.05) is 45.5 Å². The van der Waals surface area contributed by atoms with E-state index in [1.54, 1.807) is 11.8 Å². The molecular formula is C24H34N4O4. The van der Waals surface area contributed by atoms with Crippen LogP contribution in [0.15, 0.2) is 30.3 Å². The molecule has 1 fully saturated rings. The van der Waals surface area contributed by atoms with Crippen molar-refractivity contribution in [1.82, 2.24) is 9.47 Å². The number of piperazine rings is 1. The van der Waals surface area contributed by atoms with Crippen molar-refractivity contribution in [3.63, 3.8) is 0 Å². The SMILES string of the molecule is CCOC(=O)c1c(N(CC)C(=O)OCc2ccccc2)c(N2CCN(C)CC2)n(C)c1C. The summed E-state index contributed by atoms with van der Waals surface area (Å²) in [6.45, 7) is 9.77. The summed E-state index contributed by atoms with van der Waals surface area (Å²) in [5, 5.41) is 0. The molecule has 0 aliphatic carbocycles. The number of carbonyl (C=O) groups excluding carboxylic acids is 2. The van der Waals surface area contributed by atoms with E-state index in [9.17, 15) is 9.59 Å². The Bertz CT molecular complexity index is 933. The Morgan fingerprint density at radius 2 is 1.66 bits per heavy atom. The zero-order valence-corrected chi connectivity index (χ0v) is 19.8. The van der Waals surface area contributed by atoms with Gasteiger partial charge in [-0.05, 0) is 33.4 Å². The molecule has 0 N–H and O–H groups in total. The summed E-state index contributed by atoms with van der Waals surface area (Å²) in [6, 6.07) is 9.56. The molecule has 1 aromatic heterocycles. The van der Waals surface area contributed by atoms with Crippen molar-refractivity contribution in [1.29, 1.82) is 0 Å². The third-order valence-electron chi connectivity index (χ3n) is 5.93. The van der Waals surface area contributed by atoms with Crippen molar-refractivity contribution in [3.05, 3.63) is 47.2 Å². The first-order valence-corrected chi connectivity index (χ1v) is 11.2. The molecule has 8 nitrogen and oxygen atoms in total. The van der Waals surface area contributed by atoms with Gasteiger partial charge in [-0.3, -0.25) is 4.90 Å². The van der Waals surface area contributed by atoms with Gasteiger partial charge < -0.3 is 23.8 Å². The van der Waals surface area contributed by atoms with Crippen molar-refractivity contribution in [3.8, 4) is 0 Å². The number of likely N-dealkylation sites (N-methyl/N-ethyl adjacent to an activating group) is 1. The van der Waals surface area contributed by atoms with Gasteiger partial charge in [-0.1, -0.05) is 30.3 Å². The number of hydrogen-bond donors (Lipinski definition) is 0. The summed E-state index contributed by atoms with van der Waals surface area (Å²) >= 11 is 0. The predicted octanol–water partition coefficient (Wildman–Crippen LogP) is 3.43. The third kappa shape index (κ3) is 4.91. The number of benzene rings is 1. The molecule has 1 aromatic carbocycles. The number of anilines is 2. The van der Waals surface area contributed by atoms with E-state index in [-0.39, 0.29) is 13.2 Å². The maximum absolute atomic E-state index is 13.2. The second-order valence-corrected chi connectivity index (χ2v) is 7.99. The highest BCUT2D eigenvalue weighted by Crippen LogP contribution is 2.39. The van der Waals surface area contributed by atoms with E-state index in [2.05, 4.69) is 16.8 Å². The summed E-state index contributed by atoms with van der Waals surface area (Å²) in [5.41, 5.74) is 2.66. The number of nitrogens with zero attached hydrogens (tertiary/aromatic N) is 4. The maximum atomic E-state index is 13.2. The lowest BCUT2D eigenvalue weighted by molar-refractivity contribution is 0.0526. The van der Waals surface area contributed by atoms with Crippen LogP contribution >= 0.6 is 0 Å². The minimum absolute atomic E-state index is 0.167. The van der Waals surface area contributed by atoms with Crippen LogP contribution in [0, 0.1) is 6.92 Å². The lowest BCUT2D eigenvalue weighted by atomic mass is 10.2. The quantitative estimate of drug-likeness (QED) is 0.612. The van der Waals surface area contributed by atoms with E-state index in [0.717, 1.165) is 43.3 Å². The van der Waals surface area contributed by atoms with Gasteiger partial charge in [-0.15, -0.1) is 0 Å². The second-order valence-electron chi connectivity index (χ2n) is 7.99. The molecule has 2 aromatic rings. The molecule has 174 valence electrons. The molecule has 0 radical (unpaired) electrons. The highest BCUT2D eigenvalue weighted by atomic mass is 16.6. The Labute approximate surface area is 190 Å². The Hall–Kier alpha value is -3.00. The molecule has 0 bridgehead atoms. The first kappa shape index (κ1) is 23.7. The van der Waals surface area contributed by atoms with Crippen LogP contribution in [0.1, 0.15) is 35.5 Å². The predicted molar refractivity (Wildman–Crippen MR) is 125 cm³/mol. The standard InChI is InChI=1S/C24H34N4O4/c1-6-28(24(30)32-17-19-11-9-8-10-12-19)21-20(23(29)31-7-2)18(3)26(5)22(21)27-15-13-25(4)14-16-27/h8-12H,6-7,13-17H2,1-5H3. The lowest BCUT2D eigenvalue weighted by Gasteiger charge is -2.36. The zero-order chi connectivity index (χ0) is 23.3. The van der Waals surface area contributed by atoms with Crippen LogP contribution in [0.4, 0.5) is 16.3 Å². The Kier molecular flexibility index (Phi) is 7.80. The van der Waals surface area contributed by atoms with Gasteiger partial charge in [-0.25, -0.2) is 9.59 Å². The second kappa shape index (κ2) is 10.5. The number of aromatic nitrogens is 1. The van der Waals surface area contributed by atoms with Crippen LogP contribution in [0.25, 0.3) is 0 Å². The van der Waals surface area contributed by atoms with Gasteiger partial charge in [0.25, 0.3) is 0 Å². The van der Waals surface area contributed by atoms with E-state index in [4.69, 9.17) is 9.47 Å².